The van der Waals surface area contributed by atoms with E-state index in [0.717, 1.165) is 12.1 Å². The van der Waals surface area contributed by atoms with Crippen LogP contribution in [0.1, 0.15) is 28.9 Å². The molecule has 0 saturated carbocycles. The Kier molecular flexibility index (Phi) is 4.71. The Morgan fingerprint density at radius 2 is 1.77 bits per heavy atom. The average molecular weight is 367 g/mol. The van der Waals surface area contributed by atoms with E-state index >= 15 is 0 Å². The SMILES string of the molecule is NC(=O)C1CCN(C(=O)c2coc(-c3ccc(C(F)(F)F)cc3)n2)CC1. The topological polar surface area (TPSA) is 89.4 Å². The molecule has 1 saturated heterocycles. The van der Waals surface area contributed by atoms with Crippen molar-refractivity contribution in [3.05, 3.63) is 41.8 Å². The van der Waals surface area contributed by atoms with Crippen LogP contribution in [0, 0.1) is 5.92 Å². The predicted octanol–water partition coefficient (Wildman–Crippen LogP) is 2.70. The van der Waals surface area contributed by atoms with Gasteiger partial charge in [0.1, 0.15) is 6.26 Å². The number of halogens is 3. The highest BCUT2D eigenvalue weighted by Crippen LogP contribution is 2.31. The standard InChI is InChI=1S/C17H16F3N3O3/c18-17(19,20)12-3-1-11(2-4-12)15-22-13(9-26-15)16(25)23-7-5-10(6-8-23)14(21)24/h1-4,9-10H,5-8H2,(H2,21,24). The van der Waals surface area contributed by atoms with E-state index in [9.17, 15) is 22.8 Å². The lowest BCUT2D eigenvalue weighted by Crippen LogP contribution is -2.41. The largest absolute Gasteiger partial charge is 0.444 e. The van der Waals surface area contributed by atoms with Crippen molar-refractivity contribution in [2.75, 3.05) is 13.1 Å². The van der Waals surface area contributed by atoms with Gasteiger partial charge in [-0.1, -0.05) is 0 Å². The molecule has 3 rings (SSSR count). The molecule has 0 spiro atoms. The van der Waals surface area contributed by atoms with E-state index in [1.54, 1.807) is 4.90 Å². The van der Waals surface area contributed by atoms with E-state index in [-0.39, 0.29) is 29.3 Å². The number of likely N-dealkylation sites (tertiary alicyclic amines) is 1. The normalized spacial score (nSPS) is 15.9. The maximum atomic E-state index is 12.6. The molecule has 0 radical (unpaired) electrons. The number of rotatable bonds is 3. The summed E-state index contributed by atoms with van der Waals surface area (Å²) in [7, 11) is 0. The van der Waals surface area contributed by atoms with Crippen molar-refractivity contribution in [1.29, 1.82) is 0 Å². The van der Waals surface area contributed by atoms with Crippen LogP contribution in [0.5, 0.6) is 0 Å². The first-order valence-corrected chi connectivity index (χ1v) is 7.97. The van der Waals surface area contributed by atoms with Gasteiger partial charge in [0.25, 0.3) is 5.91 Å². The molecule has 1 aliphatic heterocycles. The van der Waals surface area contributed by atoms with Crippen molar-refractivity contribution >= 4 is 11.8 Å². The molecule has 2 N–H and O–H groups in total. The number of piperidine rings is 1. The molecule has 26 heavy (non-hydrogen) atoms. The highest BCUT2D eigenvalue weighted by Gasteiger charge is 2.30. The minimum absolute atomic E-state index is 0.0640. The van der Waals surface area contributed by atoms with Gasteiger partial charge in [-0.3, -0.25) is 9.59 Å². The van der Waals surface area contributed by atoms with Gasteiger partial charge in [-0.2, -0.15) is 13.2 Å². The molecule has 1 fully saturated rings. The number of hydrogen-bond donors (Lipinski definition) is 1. The first-order valence-electron chi connectivity index (χ1n) is 7.97. The molecule has 2 aromatic rings. The summed E-state index contributed by atoms with van der Waals surface area (Å²) >= 11 is 0. The highest BCUT2D eigenvalue weighted by molar-refractivity contribution is 5.92. The van der Waals surface area contributed by atoms with Gasteiger partial charge in [0.15, 0.2) is 5.69 Å². The fourth-order valence-electron chi connectivity index (χ4n) is 2.84. The molecule has 2 amide bonds. The van der Waals surface area contributed by atoms with Crippen LogP contribution in [0.25, 0.3) is 11.5 Å². The van der Waals surface area contributed by atoms with Crippen molar-refractivity contribution < 1.29 is 27.2 Å². The summed E-state index contributed by atoms with van der Waals surface area (Å²) in [5.41, 5.74) is 4.89. The number of hydrogen-bond acceptors (Lipinski definition) is 4. The Balaban J connectivity index is 1.70. The van der Waals surface area contributed by atoms with Crippen LogP contribution >= 0.6 is 0 Å². The quantitative estimate of drug-likeness (QED) is 0.903. The van der Waals surface area contributed by atoms with Gasteiger partial charge in [-0.25, -0.2) is 4.98 Å². The Labute approximate surface area is 146 Å². The van der Waals surface area contributed by atoms with E-state index in [2.05, 4.69) is 4.98 Å². The molecule has 0 atom stereocenters. The summed E-state index contributed by atoms with van der Waals surface area (Å²) in [6, 6.07) is 4.33. The number of nitrogens with two attached hydrogens (primary N) is 1. The monoisotopic (exact) mass is 367 g/mol. The first-order chi connectivity index (χ1) is 12.3. The van der Waals surface area contributed by atoms with Gasteiger partial charge in [0.05, 0.1) is 5.56 Å². The summed E-state index contributed by atoms with van der Waals surface area (Å²) in [5, 5.41) is 0. The fraction of sp³-hybridized carbons (Fsp3) is 0.353. The molecule has 0 bridgehead atoms. The summed E-state index contributed by atoms with van der Waals surface area (Å²) in [6.45, 7) is 0.768. The van der Waals surface area contributed by atoms with Crippen molar-refractivity contribution in [1.82, 2.24) is 9.88 Å². The number of carbonyl (C=O) groups is 2. The van der Waals surface area contributed by atoms with Crippen LogP contribution < -0.4 is 5.73 Å². The zero-order valence-corrected chi connectivity index (χ0v) is 13.6. The minimum Gasteiger partial charge on any atom is -0.444 e. The van der Waals surface area contributed by atoms with Gasteiger partial charge >= 0.3 is 6.18 Å². The van der Waals surface area contributed by atoms with Gasteiger partial charge in [0, 0.05) is 24.6 Å². The number of nitrogens with zero attached hydrogens (tertiary/aromatic N) is 2. The van der Waals surface area contributed by atoms with Gasteiger partial charge < -0.3 is 15.1 Å². The Bertz CT molecular complexity index is 807. The van der Waals surface area contributed by atoms with E-state index in [1.165, 1.54) is 18.4 Å². The van der Waals surface area contributed by atoms with Crippen LogP contribution in [-0.4, -0.2) is 34.8 Å². The van der Waals surface area contributed by atoms with Gasteiger partial charge in [-0.15, -0.1) is 0 Å². The lowest BCUT2D eigenvalue weighted by molar-refractivity contribution is -0.137. The molecule has 0 aliphatic carbocycles. The second-order valence-electron chi connectivity index (χ2n) is 6.08. The third-order valence-electron chi connectivity index (χ3n) is 4.37. The van der Waals surface area contributed by atoms with E-state index < -0.39 is 11.7 Å². The Hall–Kier alpha value is -2.84. The molecule has 0 unspecified atom stereocenters. The number of aromatic nitrogens is 1. The van der Waals surface area contributed by atoms with Crippen LogP contribution in [0.4, 0.5) is 13.2 Å². The summed E-state index contributed by atoms with van der Waals surface area (Å²) in [6.07, 6.45) is -2.27. The molecule has 138 valence electrons. The summed E-state index contributed by atoms with van der Waals surface area (Å²) < 4.78 is 43.0. The van der Waals surface area contributed by atoms with Crippen LogP contribution in [0.3, 0.4) is 0 Å². The lowest BCUT2D eigenvalue weighted by atomic mass is 9.96. The first kappa shape index (κ1) is 18.0. The minimum atomic E-state index is -4.42. The predicted molar refractivity (Wildman–Crippen MR) is 84.8 cm³/mol. The Morgan fingerprint density at radius 1 is 1.15 bits per heavy atom. The maximum Gasteiger partial charge on any atom is 0.416 e. The molecular weight excluding hydrogens is 351 g/mol. The van der Waals surface area contributed by atoms with E-state index in [1.807, 2.05) is 0 Å². The van der Waals surface area contributed by atoms with Gasteiger partial charge in [-0.05, 0) is 37.1 Å². The van der Waals surface area contributed by atoms with Crippen LogP contribution in [-0.2, 0) is 11.0 Å². The molecule has 1 aliphatic rings. The molecule has 1 aromatic carbocycles. The number of benzene rings is 1. The summed E-state index contributed by atoms with van der Waals surface area (Å²) in [5.74, 6) is -0.897. The van der Waals surface area contributed by atoms with Crippen molar-refractivity contribution in [2.24, 2.45) is 11.7 Å². The smallest absolute Gasteiger partial charge is 0.416 e. The number of amides is 2. The zero-order valence-electron chi connectivity index (χ0n) is 13.6. The van der Waals surface area contributed by atoms with Crippen molar-refractivity contribution in [3.63, 3.8) is 0 Å². The third kappa shape index (κ3) is 3.71. The number of carbonyl (C=O) groups excluding carboxylic acids is 2. The number of primary amides is 1. The van der Waals surface area contributed by atoms with Crippen LogP contribution in [0.2, 0.25) is 0 Å². The second kappa shape index (κ2) is 6.81. The fourth-order valence-corrected chi connectivity index (χ4v) is 2.84. The highest BCUT2D eigenvalue weighted by atomic mass is 19.4. The van der Waals surface area contributed by atoms with Crippen molar-refractivity contribution in [3.8, 4) is 11.5 Å². The Morgan fingerprint density at radius 3 is 2.31 bits per heavy atom. The van der Waals surface area contributed by atoms with E-state index in [0.29, 0.717) is 31.5 Å². The number of oxazole rings is 1. The zero-order chi connectivity index (χ0) is 18.9. The average Bonchev–Trinajstić information content (AvgIpc) is 3.10. The molecule has 6 nitrogen and oxygen atoms in total. The molecule has 2 heterocycles. The lowest BCUT2D eigenvalue weighted by Gasteiger charge is -2.29. The van der Waals surface area contributed by atoms with Crippen LogP contribution in [0.15, 0.2) is 34.9 Å². The number of alkyl halides is 3. The molecule has 9 heteroatoms. The maximum absolute atomic E-state index is 12.6. The molecular formula is C17H16F3N3O3. The van der Waals surface area contributed by atoms with E-state index in [4.69, 9.17) is 10.2 Å². The second-order valence-corrected chi connectivity index (χ2v) is 6.08. The third-order valence-corrected chi connectivity index (χ3v) is 4.37. The van der Waals surface area contributed by atoms with Gasteiger partial charge in [0.2, 0.25) is 11.8 Å². The molecule has 1 aromatic heterocycles. The summed E-state index contributed by atoms with van der Waals surface area (Å²) in [4.78, 5) is 29.2. The van der Waals surface area contributed by atoms with Crippen molar-refractivity contribution in [2.45, 2.75) is 19.0 Å².